The molecule has 1 aromatic carbocycles. The Hall–Kier alpha value is -2.50. The number of carboxylic acids is 1. The van der Waals surface area contributed by atoms with Crippen LogP contribution in [-0.4, -0.2) is 31.3 Å². The lowest BCUT2D eigenvalue weighted by molar-refractivity contribution is -0.131. The molecule has 2 aromatic rings. The van der Waals surface area contributed by atoms with Gasteiger partial charge in [0, 0.05) is 11.5 Å². The molecule has 1 N–H and O–H groups in total. The largest absolute Gasteiger partial charge is 0.478 e. The summed E-state index contributed by atoms with van der Waals surface area (Å²) in [5.41, 5.74) is 1.49. The first-order valence-corrected chi connectivity index (χ1v) is 6.18. The fraction of sp³-hybridized carbons (Fsp3) is 0.286. The normalized spacial score (nSPS) is 11.9. The van der Waals surface area contributed by atoms with Crippen LogP contribution in [0.3, 0.4) is 0 Å². The number of hydrogen-bond donors (Lipinski definition) is 1. The number of carboxylic acid groups (broad SMARTS) is 1. The van der Waals surface area contributed by atoms with Crippen LogP contribution in [-0.2, 0) is 10.2 Å². The number of carbonyl (C=O) groups is 1. The number of benzene rings is 1. The van der Waals surface area contributed by atoms with Crippen molar-refractivity contribution >= 4 is 12.0 Å². The van der Waals surface area contributed by atoms with E-state index in [-0.39, 0.29) is 5.41 Å². The quantitative estimate of drug-likeness (QED) is 0.865. The highest BCUT2D eigenvalue weighted by Gasteiger charge is 2.22. The first kappa shape index (κ1) is 13.9. The average molecular weight is 272 g/mol. The summed E-state index contributed by atoms with van der Waals surface area (Å²) in [4.78, 5) is 10.5. The van der Waals surface area contributed by atoms with Gasteiger partial charge in [0.25, 0.3) is 0 Å². The number of hydrogen-bond acceptors (Lipinski definition) is 4. The van der Waals surface area contributed by atoms with E-state index in [4.69, 9.17) is 5.11 Å². The predicted octanol–water partition coefficient (Wildman–Crippen LogP) is 2.06. The topological polar surface area (TPSA) is 80.9 Å². The number of rotatable bonds is 3. The Morgan fingerprint density at radius 3 is 2.45 bits per heavy atom. The Morgan fingerprint density at radius 2 is 1.90 bits per heavy atom. The Kier molecular flexibility index (Phi) is 3.65. The van der Waals surface area contributed by atoms with Crippen LogP contribution < -0.4 is 0 Å². The highest BCUT2D eigenvalue weighted by Crippen LogP contribution is 2.21. The molecule has 0 aliphatic rings. The van der Waals surface area contributed by atoms with Crippen LogP contribution in [0.2, 0.25) is 0 Å². The van der Waals surface area contributed by atoms with Crippen molar-refractivity contribution in [3.63, 3.8) is 0 Å². The summed E-state index contributed by atoms with van der Waals surface area (Å²) < 4.78 is 1.69. The van der Waals surface area contributed by atoms with E-state index < -0.39 is 5.97 Å². The summed E-state index contributed by atoms with van der Waals surface area (Å²) in [5, 5.41) is 20.4. The molecule has 0 atom stereocenters. The van der Waals surface area contributed by atoms with Gasteiger partial charge in [-0.2, -0.15) is 4.68 Å². The van der Waals surface area contributed by atoms with Crippen molar-refractivity contribution in [2.45, 2.75) is 26.2 Å². The zero-order valence-electron chi connectivity index (χ0n) is 11.6. The third kappa shape index (κ3) is 3.09. The van der Waals surface area contributed by atoms with Crippen LogP contribution >= 0.6 is 0 Å². The Balaban J connectivity index is 2.32. The molecule has 104 valence electrons. The molecule has 20 heavy (non-hydrogen) atoms. The molecule has 1 heterocycles. The molecule has 2 rings (SSSR count). The molecule has 0 bridgehead atoms. The first-order valence-electron chi connectivity index (χ1n) is 6.18. The summed E-state index contributed by atoms with van der Waals surface area (Å²) >= 11 is 0. The van der Waals surface area contributed by atoms with Crippen LogP contribution in [0.4, 0.5) is 0 Å². The average Bonchev–Trinajstić information content (AvgIpc) is 2.86. The van der Waals surface area contributed by atoms with E-state index in [0.717, 1.165) is 23.2 Å². The highest BCUT2D eigenvalue weighted by molar-refractivity contribution is 5.85. The summed E-state index contributed by atoms with van der Waals surface area (Å²) in [6, 6.07) is 7.35. The van der Waals surface area contributed by atoms with Crippen LogP contribution in [0, 0.1) is 0 Å². The van der Waals surface area contributed by atoms with Gasteiger partial charge < -0.3 is 5.11 Å². The summed E-state index contributed by atoms with van der Waals surface area (Å²) in [5.74, 6) is -0.198. The standard InChI is InChI=1S/C14H16N4O2/c1-14(2,3)13-15-16-17-18(13)11-7-4-10(5-8-11)6-9-12(19)20/h4-9H,1-3H3,(H,19,20)/b9-6+. The van der Waals surface area contributed by atoms with Crippen LogP contribution in [0.1, 0.15) is 32.2 Å². The maximum absolute atomic E-state index is 10.5. The molecule has 0 spiro atoms. The maximum atomic E-state index is 10.5. The molecule has 6 heteroatoms. The van der Waals surface area contributed by atoms with Crippen molar-refractivity contribution in [3.8, 4) is 5.69 Å². The smallest absolute Gasteiger partial charge is 0.328 e. The molecular weight excluding hydrogens is 256 g/mol. The van der Waals surface area contributed by atoms with E-state index in [1.54, 1.807) is 4.68 Å². The summed E-state index contributed by atoms with van der Waals surface area (Å²) in [6.07, 6.45) is 2.64. The molecule has 1 aromatic heterocycles. The number of aromatic nitrogens is 4. The second-order valence-corrected chi connectivity index (χ2v) is 5.43. The van der Waals surface area contributed by atoms with Crippen LogP contribution in [0.15, 0.2) is 30.3 Å². The molecule has 0 fully saturated rings. The number of tetrazole rings is 1. The molecule has 0 amide bonds. The third-order valence-corrected chi connectivity index (χ3v) is 2.70. The van der Waals surface area contributed by atoms with E-state index in [1.165, 1.54) is 6.08 Å². The van der Waals surface area contributed by atoms with Gasteiger partial charge in [-0.1, -0.05) is 32.9 Å². The molecule has 0 radical (unpaired) electrons. The fourth-order valence-corrected chi connectivity index (χ4v) is 1.72. The minimum atomic E-state index is -0.968. The van der Waals surface area contributed by atoms with E-state index in [1.807, 2.05) is 45.0 Å². The van der Waals surface area contributed by atoms with Gasteiger partial charge in [-0.25, -0.2) is 4.79 Å². The van der Waals surface area contributed by atoms with E-state index in [9.17, 15) is 4.79 Å². The predicted molar refractivity (Wildman–Crippen MR) is 74.5 cm³/mol. The SMILES string of the molecule is CC(C)(C)c1nnnn1-c1ccc(/C=C/C(=O)O)cc1. The lowest BCUT2D eigenvalue weighted by atomic mass is 9.96. The Bertz CT molecular complexity index is 636. The fourth-order valence-electron chi connectivity index (χ4n) is 1.72. The molecule has 0 saturated carbocycles. The lowest BCUT2D eigenvalue weighted by Crippen LogP contribution is -2.18. The van der Waals surface area contributed by atoms with Crippen LogP contribution in [0.25, 0.3) is 11.8 Å². The second-order valence-electron chi connectivity index (χ2n) is 5.43. The molecule has 0 aliphatic carbocycles. The lowest BCUT2D eigenvalue weighted by Gasteiger charge is -2.17. The summed E-state index contributed by atoms with van der Waals surface area (Å²) in [7, 11) is 0. The van der Waals surface area contributed by atoms with Crippen molar-refractivity contribution in [2.75, 3.05) is 0 Å². The molecule has 6 nitrogen and oxygen atoms in total. The van der Waals surface area contributed by atoms with Gasteiger partial charge in [-0.3, -0.25) is 0 Å². The zero-order chi connectivity index (χ0) is 14.8. The highest BCUT2D eigenvalue weighted by atomic mass is 16.4. The van der Waals surface area contributed by atoms with Gasteiger partial charge in [0.05, 0.1) is 5.69 Å². The van der Waals surface area contributed by atoms with Crippen LogP contribution in [0.5, 0.6) is 0 Å². The summed E-state index contributed by atoms with van der Waals surface area (Å²) in [6.45, 7) is 6.12. The van der Waals surface area contributed by atoms with Gasteiger partial charge in [-0.05, 0) is 34.2 Å². The molecule has 0 aliphatic heterocycles. The van der Waals surface area contributed by atoms with Gasteiger partial charge in [-0.15, -0.1) is 5.10 Å². The Labute approximate surface area is 116 Å². The van der Waals surface area contributed by atoms with Crippen molar-refractivity contribution < 1.29 is 9.90 Å². The number of nitrogens with zero attached hydrogens (tertiary/aromatic N) is 4. The number of aliphatic carboxylic acids is 1. The van der Waals surface area contributed by atoms with Gasteiger partial charge in [0.1, 0.15) is 0 Å². The maximum Gasteiger partial charge on any atom is 0.328 e. The molecular formula is C14H16N4O2. The zero-order valence-corrected chi connectivity index (χ0v) is 11.6. The molecule has 0 unspecified atom stereocenters. The minimum absolute atomic E-state index is 0.161. The molecule has 0 saturated heterocycles. The second kappa shape index (κ2) is 5.24. The van der Waals surface area contributed by atoms with E-state index >= 15 is 0 Å². The van der Waals surface area contributed by atoms with Crippen molar-refractivity contribution in [2.24, 2.45) is 0 Å². The third-order valence-electron chi connectivity index (χ3n) is 2.70. The van der Waals surface area contributed by atoms with Crippen molar-refractivity contribution in [3.05, 3.63) is 41.7 Å². The first-order chi connectivity index (χ1) is 9.38. The van der Waals surface area contributed by atoms with Gasteiger partial charge in [0.15, 0.2) is 5.82 Å². The minimum Gasteiger partial charge on any atom is -0.478 e. The monoisotopic (exact) mass is 272 g/mol. The van der Waals surface area contributed by atoms with E-state index in [0.29, 0.717) is 0 Å². The van der Waals surface area contributed by atoms with Crippen molar-refractivity contribution in [1.82, 2.24) is 20.2 Å². The van der Waals surface area contributed by atoms with E-state index in [2.05, 4.69) is 15.5 Å². The van der Waals surface area contributed by atoms with Gasteiger partial charge >= 0.3 is 5.97 Å². The van der Waals surface area contributed by atoms with Crippen molar-refractivity contribution in [1.29, 1.82) is 0 Å². The Morgan fingerprint density at radius 1 is 1.25 bits per heavy atom. The van der Waals surface area contributed by atoms with Gasteiger partial charge in [0.2, 0.25) is 0 Å².